The first kappa shape index (κ1) is 14.3. The van der Waals surface area contributed by atoms with Crippen molar-refractivity contribution in [2.45, 2.75) is 12.2 Å². The Morgan fingerprint density at radius 1 is 1.40 bits per heavy atom. The molecule has 1 N–H and O–H groups in total. The largest absolute Gasteiger partial charge is 0.504 e. The normalized spacial score (nSPS) is 13.2. The van der Waals surface area contributed by atoms with Crippen molar-refractivity contribution >= 4 is 9.84 Å². The third-order valence-electron chi connectivity index (χ3n) is 2.87. The van der Waals surface area contributed by atoms with Crippen LogP contribution in [0.5, 0.6) is 11.5 Å². The fourth-order valence-electron chi connectivity index (χ4n) is 1.53. The van der Waals surface area contributed by atoms with Crippen LogP contribution in [0.2, 0.25) is 0 Å². The third-order valence-corrected chi connectivity index (χ3v) is 4.37. The van der Waals surface area contributed by atoms with Crippen LogP contribution in [0.25, 0.3) is 11.5 Å². The predicted molar refractivity (Wildman–Crippen MR) is 71.2 cm³/mol. The summed E-state index contributed by atoms with van der Waals surface area (Å²) in [6.45, 7) is 1.48. The molecule has 20 heavy (non-hydrogen) atoms. The summed E-state index contributed by atoms with van der Waals surface area (Å²) in [6, 6.07) is 4.58. The first-order valence-electron chi connectivity index (χ1n) is 5.72. The number of methoxy groups -OCH3 is 1. The monoisotopic (exact) mass is 298 g/mol. The number of aromatic nitrogens is 2. The molecule has 0 aliphatic carbocycles. The summed E-state index contributed by atoms with van der Waals surface area (Å²) >= 11 is 0. The van der Waals surface area contributed by atoms with E-state index in [0.717, 1.165) is 6.26 Å². The van der Waals surface area contributed by atoms with E-state index < -0.39 is 15.1 Å². The molecule has 0 saturated heterocycles. The van der Waals surface area contributed by atoms with Crippen molar-refractivity contribution in [1.82, 2.24) is 10.1 Å². The number of ether oxygens (including phenoxy) is 1. The Morgan fingerprint density at radius 2 is 2.10 bits per heavy atom. The molecule has 0 radical (unpaired) electrons. The van der Waals surface area contributed by atoms with Gasteiger partial charge in [-0.1, -0.05) is 5.16 Å². The van der Waals surface area contributed by atoms with Gasteiger partial charge in [0.25, 0.3) is 5.89 Å². The number of rotatable bonds is 4. The number of phenols is 1. The molecule has 0 aliphatic heterocycles. The van der Waals surface area contributed by atoms with Gasteiger partial charge in [-0.05, 0) is 25.1 Å². The second-order valence-electron chi connectivity index (χ2n) is 4.32. The zero-order chi connectivity index (χ0) is 14.9. The van der Waals surface area contributed by atoms with E-state index in [2.05, 4.69) is 10.1 Å². The first-order valence-corrected chi connectivity index (χ1v) is 7.68. The Balaban J connectivity index is 2.36. The van der Waals surface area contributed by atoms with Crippen molar-refractivity contribution < 1.29 is 22.8 Å². The number of phenolic OH excluding ortho intramolecular Hbond substituents is 1. The van der Waals surface area contributed by atoms with Gasteiger partial charge in [0.1, 0.15) is 5.25 Å². The van der Waals surface area contributed by atoms with Gasteiger partial charge >= 0.3 is 0 Å². The van der Waals surface area contributed by atoms with E-state index in [-0.39, 0.29) is 17.5 Å². The lowest BCUT2D eigenvalue weighted by Gasteiger charge is -2.03. The molecule has 8 heteroatoms. The highest BCUT2D eigenvalue weighted by Gasteiger charge is 2.23. The minimum Gasteiger partial charge on any atom is -0.504 e. The van der Waals surface area contributed by atoms with Gasteiger partial charge in [-0.15, -0.1) is 0 Å². The Labute approximate surface area is 116 Å². The number of hydrogen-bond donors (Lipinski definition) is 1. The summed E-state index contributed by atoms with van der Waals surface area (Å²) in [6.07, 6.45) is 1.10. The Morgan fingerprint density at radius 3 is 2.65 bits per heavy atom. The second kappa shape index (κ2) is 5.12. The van der Waals surface area contributed by atoms with Crippen LogP contribution in [-0.2, 0) is 9.84 Å². The lowest BCUT2D eigenvalue weighted by molar-refractivity contribution is 0.373. The summed E-state index contributed by atoms with van der Waals surface area (Å²) in [4.78, 5) is 4.03. The molecular weight excluding hydrogens is 284 g/mol. The Hall–Kier alpha value is -2.09. The van der Waals surface area contributed by atoms with Gasteiger partial charge in [0.15, 0.2) is 27.2 Å². The topological polar surface area (TPSA) is 103 Å². The van der Waals surface area contributed by atoms with Crippen molar-refractivity contribution in [2.24, 2.45) is 0 Å². The zero-order valence-electron chi connectivity index (χ0n) is 11.2. The SMILES string of the molecule is COc1ccc(-c2nc(C(C)S(C)(=O)=O)no2)cc1O. The molecule has 2 rings (SSSR count). The summed E-state index contributed by atoms with van der Waals surface area (Å²) < 4.78 is 32.8. The van der Waals surface area contributed by atoms with E-state index in [1.165, 1.54) is 20.1 Å². The van der Waals surface area contributed by atoms with Crippen LogP contribution in [0.1, 0.15) is 18.0 Å². The van der Waals surface area contributed by atoms with Crippen molar-refractivity contribution in [1.29, 1.82) is 0 Å². The molecule has 0 saturated carbocycles. The average molecular weight is 298 g/mol. The van der Waals surface area contributed by atoms with Crippen LogP contribution in [0.15, 0.2) is 22.7 Å². The van der Waals surface area contributed by atoms with Crippen molar-refractivity contribution in [3.05, 3.63) is 24.0 Å². The van der Waals surface area contributed by atoms with Crippen LogP contribution in [0, 0.1) is 0 Å². The smallest absolute Gasteiger partial charge is 0.258 e. The standard InChI is InChI=1S/C12H14N2O5S/c1-7(20(3,16)17)11-13-12(19-14-11)8-4-5-10(18-2)9(15)6-8/h4-7,15H,1-3H3. The molecule has 2 aromatic rings. The maximum Gasteiger partial charge on any atom is 0.258 e. The molecule has 0 aliphatic rings. The van der Waals surface area contributed by atoms with Gasteiger partial charge in [0.2, 0.25) is 0 Å². The predicted octanol–water partition coefficient (Wildman–Crippen LogP) is 1.56. The number of sulfone groups is 1. The van der Waals surface area contributed by atoms with Gasteiger partial charge in [0.05, 0.1) is 7.11 Å². The van der Waals surface area contributed by atoms with E-state index in [4.69, 9.17) is 9.26 Å². The summed E-state index contributed by atoms with van der Waals surface area (Å²) in [7, 11) is -1.86. The van der Waals surface area contributed by atoms with E-state index in [9.17, 15) is 13.5 Å². The summed E-state index contributed by atoms with van der Waals surface area (Å²) in [5.74, 6) is 0.463. The van der Waals surface area contributed by atoms with Crippen LogP contribution in [0.4, 0.5) is 0 Å². The van der Waals surface area contributed by atoms with Crippen LogP contribution in [0.3, 0.4) is 0 Å². The zero-order valence-corrected chi connectivity index (χ0v) is 12.0. The molecule has 0 spiro atoms. The molecule has 1 atom stereocenters. The molecular formula is C12H14N2O5S. The Kier molecular flexibility index (Phi) is 3.67. The number of aromatic hydroxyl groups is 1. The molecule has 1 unspecified atom stereocenters. The third kappa shape index (κ3) is 2.74. The van der Waals surface area contributed by atoms with Crippen molar-refractivity contribution in [2.75, 3.05) is 13.4 Å². The first-order chi connectivity index (χ1) is 9.32. The van der Waals surface area contributed by atoms with Gasteiger partial charge in [0, 0.05) is 11.8 Å². The molecule has 1 aromatic carbocycles. The van der Waals surface area contributed by atoms with E-state index >= 15 is 0 Å². The maximum atomic E-state index is 11.4. The van der Waals surface area contributed by atoms with E-state index in [0.29, 0.717) is 11.3 Å². The Bertz CT molecular complexity index is 723. The molecule has 0 fully saturated rings. The minimum atomic E-state index is -3.30. The molecule has 1 heterocycles. The highest BCUT2D eigenvalue weighted by molar-refractivity contribution is 7.90. The van der Waals surface area contributed by atoms with Crippen molar-refractivity contribution in [3.8, 4) is 23.0 Å². The number of benzene rings is 1. The maximum absolute atomic E-state index is 11.4. The van der Waals surface area contributed by atoms with E-state index in [1.54, 1.807) is 12.1 Å². The lowest BCUT2D eigenvalue weighted by atomic mass is 10.2. The number of hydrogen-bond acceptors (Lipinski definition) is 7. The highest BCUT2D eigenvalue weighted by atomic mass is 32.2. The number of nitrogens with zero attached hydrogens (tertiary/aromatic N) is 2. The molecule has 1 aromatic heterocycles. The van der Waals surface area contributed by atoms with E-state index in [1.807, 2.05) is 0 Å². The van der Waals surface area contributed by atoms with Gasteiger partial charge in [-0.2, -0.15) is 4.98 Å². The molecule has 108 valence electrons. The molecule has 0 bridgehead atoms. The minimum absolute atomic E-state index is 0.0686. The van der Waals surface area contributed by atoms with Crippen LogP contribution in [-0.4, -0.2) is 37.0 Å². The highest BCUT2D eigenvalue weighted by Crippen LogP contribution is 2.31. The quantitative estimate of drug-likeness (QED) is 0.913. The molecule has 0 amide bonds. The van der Waals surface area contributed by atoms with Crippen LogP contribution >= 0.6 is 0 Å². The van der Waals surface area contributed by atoms with Crippen LogP contribution < -0.4 is 4.74 Å². The summed E-state index contributed by atoms with van der Waals surface area (Å²) in [5, 5.41) is 12.5. The fourth-order valence-corrected chi connectivity index (χ4v) is 2.01. The lowest BCUT2D eigenvalue weighted by Crippen LogP contribution is -2.09. The second-order valence-corrected chi connectivity index (χ2v) is 6.68. The van der Waals surface area contributed by atoms with Gasteiger partial charge in [-0.25, -0.2) is 8.42 Å². The van der Waals surface area contributed by atoms with Gasteiger partial charge < -0.3 is 14.4 Å². The van der Waals surface area contributed by atoms with Gasteiger partial charge in [-0.3, -0.25) is 0 Å². The fraction of sp³-hybridized carbons (Fsp3) is 0.333. The average Bonchev–Trinajstić information content (AvgIpc) is 2.86. The van der Waals surface area contributed by atoms with Crippen molar-refractivity contribution in [3.63, 3.8) is 0 Å². The molecule has 7 nitrogen and oxygen atoms in total. The summed E-state index contributed by atoms with van der Waals surface area (Å²) in [5.41, 5.74) is 0.475.